The maximum Gasteiger partial charge on any atom is 0.234 e. The van der Waals surface area contributed by atoms with E-state index in [1.54, 1.807) is 30.3 Å². The summed E-state index contributed by atoms with van der Waals surface area (Å²) >= 11 is 13.2. The van der Waals surface area contributed by atoms with Gasteiger partial charge in [-0.15, -0.1) is 10.2 Å². The molecule has 0 bridgehead atoms. The third-order valence-corrected chi connectivity index (χ3v) is 5.52. The van der Waals surface area contributed by atoms with Crippen LogP contribution >= 0.6 is 35.0 Å². The summed E-state index contributed by atoms with van der Waals surface area (Å²) < 4.78 is 7.80. The monoisotopic (exact) mass is 450 g/mol. The Balaban J connectivity index is 1.58. The summed E-state index contributed by atoms with van der Waals surface area (Å²) in [5.41, 5.74) is 1.65. The average molecular weight is 451 g/mol. The maximum absolute atomic E-state index is 12.2. The Hall–Kier alpha value is -2.22. The second kappa shape index (κ2) is 10.0. The van der Waals surface area contributed by atoms with Crippen molar-refractivity contribution < 1.29 is 9.53 Å². The van der Waals surface area contributed by atoms with E-state index >= 15 is 0 Å². The van der Waals surface area contributed by atoms with Gasteiger partial charge in [0.25, 0.3) is 0 Å². The first-order valence-electron chi connectivity index (χ1n) is 8.95. The number of carbonyl (C=O) groups excluding carboxylic acids is 1. The van der Waals surface area contributed by atoms with E-state index < -0.39 is 0 Å². The number of anilines is 1. The smallest absolute Gasteiger partial charge is 0.234 e. The standard InChI is InChI=1S/C20H20Cl2N4O2S/c1-3-26-18(11-28-17-9-6-15(22)10-13(17)2)24-25-20(26)29-12-19(27)23-16-7-4-14(21)5-8-16/h4-10H,3,11-12H2,1-2H3,(H,23,27). The number of nitrogens with zero attached hydrogens (tertiary/aromatic N) is 3. The topological polar surface area (TPSA) is 69.0 Å². The van der Waals surface area contributed by atoms with Crippen molar-refractivity contribution in [3.05, 3.63) is 63.9 Å². The SMILES string of the molecule is CCn1c(COc2ccc(Cl)cc2C)nnc1SCC(=O)Nc1ccc(Cl)cc1. The molecule has 1 heterocycles. The van der Waals surface area contributed by atoms with Crippen molar-refractivity contribution in [3.8, 4) is 5.75 Å². The minimum atomic E-state index is -0.127. The quantitative estimate of drug-likeness (QED) is 0.476. The molecule has 9 heteroatoms. The van der Waals surface area contributed by atoms with Crippen LogP contribution in [-0.4, -0.2) is 26.4 Å². The molecule has 3 aromatic rings. The first-order valence-corrected chi connectivity index (χ1v) is 10.7. The fourth-order valence-corrected chi connectivity index (χ4v) is 3.80. The van der Waals surface area contributed by atoms with Crippen LogP contribution in [0.1, 0.15) is 18.3 Å². The van der Waals surface area contributed by atoms with Gasteiger partial charge < -0.3 is 14.6 Å². The molecular formula is C20H20Cl2N4O2S. The van der Waals surface area contributed by atoms with Gasteiger partial charge in [0, 0.05) is 22.3 Å². The van der Waals surface area contributed by atoms with E-state index in [0.717, 1.165) is 11.3 Å². The van der Waals surface area contributed by atoms with E-state index in [9.17, 15) is 4.79 Å². The Bertz CT molecular complexity index is 993. The molecule has 1 N–H and O–H groups in total. The van der Waals surface area contributed by atoms with E-state index in [1.807, 2.05) is 30.5 Å². The van der Waals surface area contributed by atoms with Gasteiger partial charge in [0.2, 0.25) is 5.91 Å². The summed E-state index contributed by atoms with van der Waals surface area (Å²) in [4.78, 5) is 12.2. The number of nitrogens with one attached hydrogen (secondary N) is 1. The summed E-state index contributed by atoms with van der Waals surface area (Å²) in [6, 6.07) is 12.4. The van der Waals surface area contributed by atoms with E-state index in [2.05, 4.69) is 15.5 Å². The molecule has 0 saturated carbocycles. The van der Waals surface area contributed by atoms with Crippen LogP contribution in [0.25, 0.3) is 0 Å². The number of hydrogen-bond acceptors (Lipinski definition) is 5. The first-order chi connectivity index (χ1) is 14.0. The van der Waals surface area contributed by atoms with Crippen LogP contribution in [0.2, 0.25) is 10.0 Å². The number of rotatable bonds is 8. The number of benzene rings is 2. The molecule has 0 fully saturated rings. The van der Waals surface area contributed by atoms with E-state index in [1.165, 1.54) is 11.8 Å². The van der Waals surface area contributed by atoms with Crippen molar-refractivity contribution >= 4 is 46.6 Å². The molecule has 0 radical (unpaired) electrons. The summed E-state index contributed by atoms with van der Waals surface area (Å²) in [5.74, 6) is 1.54. The van der Waals surface area contributed by atoms with Crippen molar-refractivity contribution in [2.24, 2.45) is 0 Å². The third kappa shape index (κ3) is 5.88. The number of ether oxygens (including phenoxy) is 1. The molecule has 1 aromatic heterocycles. The van der Waals surface area contributed by atoms with Gasteiger partial charge in [-0.05, 0) is 61.9 Å². The van der Waals surface area contributed by atoms with Crippen LogP contribution in [0.4, 0.5) is 5.69 Å². The zero-order chi connectivity index (χ0) is 20.8. The molecule has 0 aliphatic heterocycles. The van der Waals surface area contributed by atoms with Crippen LogP contribution in [0.15, 0.2) is 47.6 Å². The lowest BCUT2D eigenvalue weighted by Crippen LogP contribution is -2.14. The Morgan fingerprint density at radius 1 is 1.14 bits per heavy atom. The lowest BCUT2D eigenvalue weighted by molar-refractivity contribution is -0.113. The number of aryl methyl sites for hydroxylation is 1. The Kier molecular flexibility index (Phi) is 7.41. The van der Waals surface area contributed by atoms with Crippen molar-refractivity contribution in [1.29, 1.82) is 0 Å². The van der Waals surface area contributed by atoms with E-state index in [4.69, 9.17) is 27.9 Å². The number of aromatic nitrogens is 3. The van der Waals surface area contributed by atoms with E-state index in [0.29, 0.717) is 33.3 Å². The van der Waals surface area contributed by atoms with Gasteiger partial charge in [-0.1, -0.05) is 35.0 Å². The highest BCUT2D eigenvalue weighted by molar-refractivity contribution is 7.99. The Labute approximate surface area is 183 Å². The van der Waals surface area contributed by atoms with Crippen molar-refractivity contribution in [2.75, 3.05) is 11.1 Å². The van der Waals surface area contributed by atoms with Crippen molar-refractivity contribution in [2.45, 2.75) is 32.2 Å². The largest absolute Gasteiger partial charge is 0.485 e. The molecule has 0 atom stereocenters. The van der Waals surface area contributed by atoms with Crippen LogP contribution < -0.4 is 10.1 Å². The molecule has 0 aliphatic rings. The third-order valence-electron chi connectivity index (χ3n) is 4.06. The molecule has 3 rings (SSSR count). The molecule has 0 unspecified atom stereocenters. The molecule has 2 aromatic carbocycles. The van der Waals surface area contributed by atoms with Gasteiger partial charge in [0.15, 0.2) is 11.0 Å². The molecular weight excluding hydrogens is 431 g/mol. The number of thioether (sulfide) groups is 1. The van der Waals surface area contributed by atoms with Gasteiger partial charge in [-0.2, -0.15) is 0 Å². The molecule has 0 spiro atoms. The number of halogens is 2. The molecule has 152 valence electrons. The maximum atomic E-state index is 12.2. The lowest BCUT2D eigenvalue weighted by atomic mass is 10.2. The highest BCUT2D eigenvalue weighted by Crippen LogP contribution is 2.24. The molecule has 6 nitrogen and oxygen atoms in total. The summed E-state index contributed by atoms with van der Waals surface area (Å²) in [6.07, 6.45) is 0. The van der Waals surface area contributed by atoms with E-state index in [-0.39, 0.29) is 18.3 Å². The first kappa shape index (κ1) is 21.5. The molecule has 1 amide bonds. The van der Waals surface area contributed by atoms with Crippen LogP contribution in [0.3, 0.4) is 0 Å². The fourth-order valence-electron chi connectivity index (χ4n) is 2.63. The summed E-state index contributed by atoms with van der Waals surface area (Å²) in [5, 5.41) is 13.2. The van der Waals surface area contributed by atoms with Gasteiger partial charge in [0.05, 0.1) is 5.75 Å². The summed E-state index contributed by atoms with van der Waals surface area (Å²) in [6.45, 7) is 4.89. The highest BCUT2D eigenvalue weighted by atomic mass is 35.5. The minimum Gasteiger partial charge on any atom is -0.485 e. The van der Waals surface area contributed by atoms with Crippen LogP contribution in [0.5, 0.6) is 5.75 Å². The van der Waals surface area contributed by atoms with Crippen LogP contribution in [0, 0.1) is 6.92 Å². The molecule has 0 saturated heterocycles. The van der Waals surface area contributed by atoms with Gasteiger partial charge >= 0.3 is 0 Å². The number of amides is 1. The molecule has 29 heavy (non-hydrogen) atoms. The minimum absolute atomic E-state index is 0.127. The predicted octanol–water partition coefficient (Wildman–Crippen LogP) is 5.22. The Morgan fingerprint density at radius 2 is 1.86 bits per heavy atom. The molecule has 0 aliphatic carbocycles. The Morgan fingerprint density at radius 3 is 2.55 bits per heavy atom. The predicted molar refractivity (Wildman–Crippen MR) is 117 cm³/mol. The normalized spacial score (nSPS) is 10.8. The van der Waals surface area contributed by atoms with Crippen molar-refractivity contribution in [1.82, 2.24) is 14.8 Å². The lowest BCUT2D eigenvalue weighted by Gasteiger charge is -2.11. The van der Waals surface area contributed by atoms with Crippen molar-refractivity contribution in [3.63, 3.8) is 0 Å². The van der Waals surface area contributed by atoms with Gasteiger partial charge in [0.1, 0.15) is 12.4 Å². The second-order valence-electron chi connectivity index (χ2n) is 6.19. The highest BCUT2D eigenvalue weighted by Gasteiger charge is 2.14. The zero-order valence-electron chi connectivity index (χ0n) is 16.0. The van der Waals surface area contributed by atoms with Gasteiger partial charge in [-0.3, -0.25) is 4.79 Å². The number of carbonyl (C=O) groups is 1. The summed E-state index contributed by atoms with van der Waals surface area (Å²) in [7, 11) is 0. The average Bonchev–Trinajstić information content (AvgIpc) is 3.09. The van der Waals surface area contributed by atoms with Crippen LogP contribution in [-0.2, 0) is 17.9 Å². The fraction of sp³-hybridized carbons (Fsp3) is 0.250. The zero-order valence-corrected chi connectivity index (χ0v) is 18.3. The van der Waals surface area contributed by atoms with Gasteiger partial charge in [-0.25, -0.2) is 0 Å². The second-order valence-corrected chi connectivity index (χ2v) is 8.00. The number of hydrogen-bond donors (Lipinski definition) is 1.